The van der Waals surface area contributed by atoms with Crippen LogP contribution in [0.15, 0.2) is 24.3 Å². The summed E-state index contributed by atoms with van der Waals surface area (Å²) in [5, 5.41) is 23.1. The molecule has 0 saturated heterocycles. The predicted octanol–water partition coefficient (Wildman–Crippen LogP) is 17.1. The van der Waals surface area contributed by atoms with E-state index in [1.807, 2.05) is 0 Å². The van der Waals surface area contributed by atoms with Gasteiger partial charge in [-0.2, -0.15) is 0 Å². The fourth-order valence-electron chi connectivity index (χ4n) is 8.62. The first-order valence-corrected chi connectivity index (χ1v) is 28.1. The molecule has 0 radical (unpaired) electrons. The molecule has 6 heteroatoms. The maximum Gasteiger partial charge on any atom is 0.305 e. The molecule has 63 heavy (non-hydrogen) atoms. The summed E-state index contributed by atoms with van der Waals surface area (Å²) in [6.07, 6.45) is 63.3. The number of aliphatic hydroxyl groups is 2. The van der Waals surface area contributed by atoms with Crippen molar-refractivity contribution in [2.45, 2.75) is 315 Å². The first kappa shape index (κ1) is 61.3. The van der Waals surface area contributed by atoms with Crippen LogP contribution in [0.5, 0.6) is 0 Å². The highest BCUT2D eigenvalue weighted by Crippen LogP contribution is 2.16. The van der Waals surface area contributed by atoms with E-state index in [0.29, 0.717) is 25.9 Å². The van der Waals surface area contributed by atoms with Crippen molar-refractivity contribution in [2.24, 2.45) is 0 Å². The molecule has 0 aliphatic heterocycles. The third kappa shape index (κ3) is 49.6. The molecule has 0 saturated carbocycles. The summed E-state index contributed by atoms with van der Waals surface area (Å²) in [6, 6.07) is -0.540. The monoisotopic (exact) mass is 888 g/mol. The lowest BCUT2D eigenvalue weighted by molar-refractivity contribution is -0.143. The Kier molecular flexibility index (Phi) is 51.6. The molecule has 6 nitrogen and oxygen atoms in total. The maximum absolute atomic E-state index is 12.4. The molecule has 0 rings (SSSR count). The standard InChI is InChI=1S/C57H109NO5/c1-3-5-7-9-11-13-30-35-39-43-47-51-57(62)63-52-48-44-40-36-32-29-27-25-23-21-19-17-15-14-16-18-20-22-24-26-28-31-34-38-42-46-50-56(61)58-54(53-59)55(60)49-45-41-37-33-12-10-8-6-4-2/h9,11,14,16,54-55,59-60H,3-8,10,12-13,15,17-53H2,1-2H3,(H,58,61)/b11-9-,16-14-. The zero-order chi connectivity index (χ0) is 45.8. The summed E-state index contributed by atoms with van der Waals surface area (Å²) >= 11 is 0. The van der Waals surface area contributed by atoms with Crippen LogP contribution in [-0.2, 0) is 14.3 Å². The summed E-state index contributed by atoms with van der Waals surface area (Å²) in [7, 11) is 0. The molecule has 0 aromatic heterocycles. The fraction of sp³-hybridized carbons (Fsp3) is 0.895. The van der Waals surface area contributed by atoms with E-state index in [-0.39, 0.29) is 18.5 Å². The Bertz CT molecular complexity index is 982. The average molecular weight is 889 g/mol. The second-order valence-corrected chi connectivity index (χ2v) is 19.3. The predicted molar refractivity (Wildman–Crippen MR) is 273 cm³/mol. The van der Waals surface area contributed by atoms with Gasteiger partial charge < -0.3 is 20.3 Å². The number of aliphatic hydroxyl groups excluding tert-OH is 2. The summed E-state index contributed by atoms with van der Waals surface area (Å²) in [6.45, 7) is 4.90. The van der Waals surface area contributed by atoms with Crippen molar-refractivity contribution < 1.29 is 24.5 Å². The summed E-state index contributed by atoms with van der Waals surface area (Å²) < 4.78 is 5.45. The molecular weight excluding hydrogens is 779 g/mol. The van der Waals surface area contributed by atoms with Crippen molar-refractivity contribution in [3.05, 3.63) is 24.3 Å². The van der Waals surface area contributed by atoms with Crippen LogP contribution < -0.4 is 5.32 Å². The number of carbonyl (C=O) groups excluding carboxylic acids is 2. The minimum absolute atomic E-state index is 0.00292. The van der Waals surface area contributed by atoms with Gasteiger partial charge in [0.15, 0.2) is 0 Å². The number of hydrogen-bond acceptors (Lipinski definition) is 5. The molecule has 0 aliphatic rings. The second kappa shape index (κ2) is 53.0. The van der Waals surface area contributed by atoms with Crippen LogP contribution in [0.1, 0.15) is 303 Å². The maximum atomic E-state index is 12.4. The van der Waals surface area contributed by atoms with Crippen LogP contribution in [0.2, 0.25) is 0 Å². The van der Waals surface area contributed by atoms with Crippen molar-refractivity contribution in [1.29, 1.82) is 0 Å². The van der Waals surface area contributed by atoms with Gasteiger partial charge in [-0.05, 0) is 70.6 Å². The molecule has 0 aliphatic carbocycles. The van der Waals surface area contributed by atoms with E-state index in [0.717, 1.165) is 44.9 Å². The number of unbranched alkanes of at least 4 members (excludes halogenated alkanes) is 37. The number of esters is 1. The molecule has 2 unspecified atom stereocenters. The van der Waals surface area contributed by atoms with Crippen molar-refractivity contribution in [1.82, 2.24) is 5.32 Å². The summed E-state index contributed by atoms with van der Waals surface area (Å²) in [4.78, 5) is 24.4. The lowest BCUT2D eigenvalue weighted by Crippen LogP contribution is -2.45. The zero-order valence-electron chi connectivity index (χ0n) is 42.3. The van der Waals surface area contributed by atoms with Gasteiger partial charge in [0, 0.05) is 12.8 Å². The van der Waals surface area contributed by atoms with E-state index >= 15 is 0 Å². The highest BCUT2D eigenvalue weighted by Gasteiger charge is 2.20. The van der Waals surface area contributed by atoms with Crippen LogP contribution >= 0.6 is 0 Å². The normalized spacial score (nSPS) is 12.8. The molecule has 0 fully saturated rings. The van der Waals surface area contributed by atoms with Crippen molar-refractivity contribution in [3.63, 3.8) is 0 Å². The van der Waals surface area contributed by atoms with E-state index < -0.39 is 12.1 Å². The van der Waals surface area contributed by atoms with E-state index in [4.69, 9.17) is 4.74 Å². The molecule has 2 atom stereocenters. The van der Waals surface area contributed by atoms with Crippen LogP contribution in [0.25, 0.3) is 0 Å². The largest absolute Gasteiger partial charge is 0.466 e. The summed E-state index contributed by atoms with van der Waals surface area (Å²) in [5.74, 6) is -0.0361. The third-order valence-electron chi connectivity index (χ3n) is 13.0. The minimum atomic E-state index is -0.662. The van der Waals surface area contributed by atoms with Crippen molar-refractivity contribution in [2.75, 3.05) is 13.2 Å². The van der Waals surface area contributed by atoms with Crippen molar-refractivity contribution in [3.8, 4) is 0 Å². The number of amides is 1. The number of ether oxygens (including phenoxy) is 1. The molecule has 0 bridgehead atoms. The Morgan fingerprint density at radius 1 is 0.429 bits per heavy atom. The van der Waals surface area contributed by atoms with Gasteiger partial charge in [0.25, 0.3) is 0 Å². The van der Waals surface area contributed by atoms with Crippen LogP contribution in [-0.4, -0.2) is 47.4 Å². The van der Waals surface area contributed by atoms with Gasteiger partial charge in [-0.3, -0.25) is 9.59 Å². The Balaban J connectivity index is 3.36. The molecule has 1 amide bonds. The highest BCUT2D eigenvalue weighted by atomic mass is 16.5. The van der Waals surface area contributed by atoms with Crippen molar-refractivity contribution >= 4 is 11.9 Å². The van der Waals surface area contributed by atoms with Crippen LogP contribution in [0.4, 0.5) is 0 Å². The Hall–Kier alpha value is -1.66. The van der Waals surface area contributed by atoms with Crippen LogP contribution in [0.3, 0.4) is 0 Å². The molecule has 372 valence electrons. The lowest BCUT2D eigenvalue weighted by atomic mass is 10.0. The molecule has 0 spiro atoms. The lowest BCUT2D eigenvalue weighted by Gasteiger charge is -2.22. The fourth-order valence-corrected chi connectivity index (χ4v) is 8.62. The Morgan fingerprint density at radius 2 is 0.762 bits per heavy atom. The summed E-state index contributed by atoms with van der Waals surface area (Å²) in [5.41, 5.74) is 0. The topological polar surface area (TPSA) is 95.9 Å². The minimum Gasteiger partial charge on any atom is -0.466 e. The van der Waals surface area contributed by atoms with Gasteiger partial charge in [0.1, 0.15) is 0 Å². The van der Waals surface area contributed by atoms with E-state index in [1.54, 1.807) is 0 Å². The molecular formula is C57H109NO5. The molecule has 0 heterocycles. The highest BCUT2D eigenvalue weighted by molar-refractivity contribution is 5.76. The number of allylic oxidation sites excluding steroid dienone is 4. The van der Waals surface area contributed by atoms with Gasteiger partial charge in [0.2, 0.25) is 5.91 Å². The third-order valence-corrected chi connectivity index (χ3v) is 13.0. The van der Waals surface area contributed by atoms with Gasteiger partial charge in [-0.1, -0.05) is 244 Å². The quantitative estimate of drug-likeness (QED) is 0.0321. The average Bonchev–Trinajstić information content (AvgIpc) is 3.28. The van der Waals surface area contributed by atoms with E-state index in [9.17, 15) is 19.8 Å². The van der Waals surface area contributed by atoms with E-state index in [1.165, 1.54) is 225 Å². The Labute approximate surface area is 392 Å². The first-order valence-electron chi connectivity index (χ1n) is 28.1. The zero-order valence-corrected chi connectivity index (χ0v) is 42.3. The smallest absolute Gasteiger partial charge is 0.305 e. The van der Waals surface area contributed by atoms with Gasteiger partial charge >= 0.3 is 5.97 Å². The number of nitrogens with one attached hydrogen (secondary N) is 1. The molecule has 0 aromatic carbocycles. The number of hydrogen-bond donors (Lipinski definition) is 3. The van der Waals surface area contributed by atoms with Crippen LogP contribution in [0, 0.1) is 0 Å². The van der Waals surface area contributed by atoms with E-state index in [2.05, 4.69) is 43.5 Å². The second-order valence-electron chi connectivity index (χ2n) is 19.3. The molecule has 3 N–H and O–H groups in total. The first-order chi connectivity index (χ1) is 31.0. The van der Waals surface area contributed by atoms with Gasteiger partial charge in [-0.25, -0.2) is 0 Å². The van der Waals surface area contributed by atoms with Gasteiger partial charge in [-0.15, -0.1) is 0 Å². The van der Waals surface area contributed by atoms with Gasteiger partial charge in [0.05, 0.1) is 25.4 Å². The molecule has 0 aromatic rings. The Morgan fingerprint density at radius 3 is 1.17 bits per heavy atom. The number of rotatable bonds is 52. The number of carbonyl (C=O) groups is 2. The SMILES string of the molecule is CCCC/C=C\CCCCCCCC(=O)OCCCCCCCCCCCCCC/C=C\CCCCCCCCCCCCC(=O)NC(CO)C(O)CCCCCCCCCCC.